The largest absolute Gasteiger partial charge is 0.287 e. The molecule has 126 valence electrons. The number of rotatable bonds is 5. The molecule has 3 rings (SSSR count). The molecule has 8 heteroatoms. The van der Waals surface area contributed by atoms with Gasteiger partial charge in [0.15, 0.2) is 5.16 Å². The molecular formula is C16H17N3O3S2. The minimum Gasteiger partial charge on any atom is -0.287 e. The van der Waals surface area contributed by atoms with E-state index in [-0.39, 0.29) is 11.2 Å². The first-order valence-corrected chi connectivity index (χ1v) is 9.52. The number of hydrogen-bond acceptors (Lipinski definition) is 6. The van der Waals surface area contributed by atoms with Crippen LogP contribution in [0.5, 0.6) is 0 Å². The Morgan fingerprint density at radius 1 is 1.50 bits per heavy atom. The lowest BCUT2D eigenvalue weighted by molar-refractivity contribution is -0.384. The average molecular weight is 363 g/mol. The van der Waals surface area contributed by atoms with Crippen molar-refractivity contribution in [2.75, 3.05) is 0 Å². The van der Waals surface area contributed by atoms with Gasteiger partial charge in [0.25, 0.3) is 11.2 Å². The summed E-state index contributed by atoms with van der Waals surface area (Å²) in [4.78, 5) is 28.5. The van der Waals surface area contributed by atoms with Crippen molar-refractivity contribution in [1.82, 2.24) is 9.55 Å². The molecule has 0 fully saturated rings. The molecule has 1 aliphatic heterocycles. The summed E-state index contributed by atoms with van der Waals surface area (Å²) in [5.41, 5.74) is 1.82. The lowest BCUT2D eigenvalue weighted by Crippen LogP contribution is -2.24. The monoisotopic (exact) mass is 363 g/mol. The minimum atomic E-state index is -0.400. The van der Waals surface area contributed by atoms with Crippen molar-refractivity contribution < 1.29 is 4.92 Å². The van der Waals surface area contributed by atoms with Gasteiger partial charge in [-0.15, -0.1) is 11.8 Å². The summed E-state index contributed by atoms with van der Waals surface area (Å²) in [6, 6.07) is 6.56. The van der Waals surface area contributed by atoms with E-state index in [0.29, 0.717) is 22.7 Å². The van der Waals surface area contributed by atoms with Crippen molar-refractivity contribution in [1.29, 1.82) is 0 Å². The highest BCUT2D eigenvalue weighted by Crippen LogP contribution is 2.34. The Morgan fingerprint density at radius 3 is 3.00 bits per heavy atom. The van der Waals surface area contributed by atoms with Gasteiger partial charge < -0.3 is 0 Å². The van der Waals surface area contributed by atoms with Crippen molar-refractivity contribution in [2.45, 2.75) is 47.9 Å². The zero-order valence-electron chi connectivity index (χ0n) is 13.4. The fourth-order valence-electron chi connectivity index (χ4n) is 2.63. The van der Waals surface area contributed by atoms with E-state index in [1.165, 1.54) is 17.8 Å². The van der Waals surface area contributed by atoms with Crippen molar-refractivity contribution in [3.8, 4) is 0 Å². The van der Waals surface area contributed by atoms with Crippen LogP contribution in [0.4, 0.5) is 5.69 Å². The zero-order valence-corrected chi connectivity index (χ0v) is 15.0. The molecule has 2 heterocycles. The van der Waals surface area contributed by atoms with Crippen LogP contribution in [0.25, 0.3) is 0 Å². The average Bonchev–Trinajstić information content (AvgIpc) is 2.94. The highest BCUT2D eigenvalue weighted by Gasteiger charge is 2.25. The Bertz CT molecular complexity index is 851. The molecule has 0 aliphatic carbocycles. The molecule has 0 amide bonds. The molecule has 1 aliphatic rings. The lowest BCUT2D eigenvalue weighted by Gasteiger charge is -2.11. The Morgan fingerprint density at radius 2 is 2.29 bits per heavy atom. The second-order valence-electron chi connectivity index (χ2n) is 5.57. The fourth-order valence-corrected chi connectivity index (χ4v) is 4.77. The van der Waals surface area contributed by atoms with Gasteiger partial charge in [-0.1, -0.05) is 30.8 Å². The van der Waals surface area contributed by atoms with E-state index in [1.54, 1.807) is 28.5 Å². The predicted octanol–water partition coefficient (Wildman–Crippen LogP) is 3.50. The second kappa shape index (κ2) is 6.98. The van der Waals surface area contributed by atoms with Gasteiger partial charge in [0, 0.05) is 36.1 Å². The number of nitro groups is 1. The quantitative estimate of drug-likeness (QED) is 0.350. The number of fused-ring (bicyclic) bond motifs is 1. The molecule has 0 saturated carbocycles. The minimum absolute atomic E-state index is 0.0263. The Balaban J connectivity index is 1.87. The van der Waals surface area contributed by atoms with Crippen LogP contribution in [-0.4, -0.2) is 19.7 Å². The van der Waals surface area contributed by atoms with Gasteiger partial charge in [-0.05, 0) is 12.5 Å². The topological polar surface area (TPSA) is 78.0 Å². The number of aromatic nitrogens is 2. The maximum atomic E-state index is 12.6. The number of hydrogen-bond donors (Lipinski definition) is 0. The van der Waals surface area contributed by atoms with Crippen LogP contribution in [0.15, 0.2) is 39.1 Å². The molecule has 24 heavy (non-hydrogen) atoms. The fraction of sp³-hybridized carbons (Fsp3) is 0.375. The smallest absolute Gasteiger partial charge is 0.269 e. The van der Waals surface area contributed by atoms with E-state index < -0.39 is 4.92 Å². The molecular weight excluding hydrogens is 346 g/mol. The molecule has 1 aromatic heterocycles. The zero-order chi connectivity index (χ0) is 17.3. The van der Waals surface area contributed by atoms with Crippen molar-refractivity contribution in [2.24, 2.45) is 0 Å². The Labute approximate surface area is 147 Å². The molecule has 0 N–H and O–H groups in total. The third-order valence-corrected chi connectivity index (χ3v) is 6.03. The first-order valence-electron chi connectivity index (χ1n) is 7.66. The van der Waals surface area contributed by atoms with Crippen molar-refractivity contribution in [3.05, 3.63) is 56.0 Å². The normalized spacial score (nSPS) is 16.2. The van der Waals surface area contributed by atoms with Gasteiger partial charge in [-0.3, -0.25) is 19.5 Å². The number of non-ortho nitro benzene ring substituents is 1. The summed E-state index contributed by atoms with van der Waals surface area (Å²) in [7, 11) is 0. The van der Waals surface area contributed by atoms with Crippen LogP contribution in [0.3, 0.4) is 0 Å². The van der Waals surface area contributed by atoms with E-state index in [2.05, 4.69) is 11.9 Å². The number of benzene rings is 1. The molecule has 2 aromatic rings. The first kappa shape index (κ1) is 17.0. The molecule has 1 aromatic carbocycles. The van der Waals surface area contributed by atoms with Crippen molar-refractivity contribution in [3.63, 3.8) is 0 Å². The van der Waals surface area contributed by atoms with E-state index in [1.807, 2.05) is 13.0 Å². The van der Waals surface area contributed by atoms with Crippen LogP contribution in [0.1, 0.15) is 25.1 Å². The molecule has 0 spiro atoms. The maximum Gasteiger partial charge on any atom is 0.269 e. The Hall–Kier alpha value is -1.80. The molecule has 0 bridgehead atoms. The van der Waals surface area contributed by atoms with Crippen LogP contribution in [-0.2, 0) is 18.7 Å². The van der Waals surface area contributed by atoms with E-state index in [9.17, 15) is 14.9 Å². The van der Waals surface area contributed by atoms with Gasteiger partial charge in [0.05, 0.1) is 15.5 Å². The molecule has 6 nitrogen and oxygen atoms in total. The predicted molar refractivity (Wildman–Crippen MR) is 95.9 cm³/mol. The summed E-state index contributed by atoms with van der Waals surface area (Å²) >= 11 is 3.04. The van der Waals surface area contributed by atoms with E-state index in [4.69, 9.17) is 0 Å². The number of nitrogens with zero attached hydrogens (tertiary/aromatic N) is 3. The molecule has 1 atom stereocenters. The number of thioether (sulfide) groups is 2. The maximum absolute atomic E-state index is 12.6. The van der Waals surface area contributed by atoms with E-state index in [0.717, 1.165) is 22.6 Å². The van der Waals surface area contributed by atoms with Gasteiger partial charge in [-0.2, -0.15) is 0 Å². The third kappa shape index (κ3) is 3.34. The summed E-state index contributed by atoms with van der Waals surface area (Å²) in [6.07, 6.45) is 0.810. The molecule has 1 unspecified atom stereocenters. The summed E-state index contributed by atoms with van der Waals surface area (Å²) in [5.74, 6) is 0.537. The van der Waals surface area contributed by atoms with Crippen LogP contribution in [0, 0.1) is 10.1 Å². The SMILES string of the molecule is CCn1c(SCc2cccc([N+](=O)[O-])c2)nc2c(c1=O)SC(C)C2. The lowest BCUT2D eigenvalue weighted by atomic mass is 10.2. The van der Waals surface area contributed by atoms with Crippen LogP contribution in [0.2, 0.25) is 0 Å². The van der Waals surface area contributed by atoms with Crippen LogP contribution >= 0.6 is 23.5 Å². The molecule has 0 saturated heterocycles. The van der Waals surface area contributed by atoms with Gasteiger partial charge in [0.2, 0.25) is 0 Å². The van der Waals surface area contributed by atoms with Crippen molar-refractivity contribution >= 4 is 29.2 Å². The highest BCUT2D eigenvalue weighted by molar-refractivity contribution is 8.00. The standard InChI is InChI=1S/C16H17N3O3S2/c1-3-18-15(20)14-13(7-10(2)24-14)17-16(18)23-9-11-5-4-6-12(8-11)19(21)22/h4-6,8,10H,3,7,9H2,1-2H3. The van der Waals surface area contributed by atoms with E-state index >= 15 is 0 Å². The third-order valence-electron chi connectivity index (χ3n) is 3.77. The summed E-state index contributed by atoms with van der Waals surface area (Å²) in [6.45, 7) is 4.58. The first-order chi connectivity index (χ1) is 11.5. The molecule has 0 radical (unpaired) electrons. The van der Waals surface area contributed by atoms with Gasteiger partial charge >= 0.3 is 0 Å². The Kier molecular flexibility index (Phi) is 4.96. The number of nitro benzene ring substituents is 1. The van der Waals surface area contributed by atoms with Crippen LogP contribution < -0.4 is 5.56 Å². The highest BCUT2D eigenvalue weighted by atomic mass is 32.2. The summed E-state index contributed by atoms with van der Waals surface area (Å²) in [5, 5.41) is 11.9. The second-order valence-corrected chi connectivity index (χ2v) is 7.96. The van der Waals surface area contributed by atoms with Gasteiger partial charge in [-0.25, -0.2) is 4.98 Å². The van der Waals surface area contributed by atoms with Gasteiger partial charge in [0.1, 0.15) is 0 Å². The summed E-state index contributed by atoms with van der Waals surface area (Å²) < 4.78 is 1.69.